The van der Waals surface area contributed by atoms with Gasteiger partial charge < -0.3 is 0 Å². The molecule has 0 radical (unpaired) electrons. The number of unbranched alkanes of at least 4 members (excludes halogenated alkanes) is 1. The summed E-state index contributed by atoms with van der Waals surface area (Å²) in [5.74, 6) is 0.775. The molecule has 0 aromatic heterocycles. The van der Waals surface area contributed by atoms with Gasteiger partial charge in [-0.05, 0) is 27.5 Å². The molecule has 0 unspecified atom stereocenters. The fraction of sp³-hybridized carbons (Fsp3) is 0.308. The van der Waals surface area contributed by atoms with Gasteiger partial charge in [0, 0.05) is 0 Å². The van der Waals surface area contributed by atoms with Crippen LogP contribution < -0.4 is 15.6 Å². The molecule has 0 bridgehead atoms. The van der Waals surface area contributed by atoms with Crippen molar-refractivity contribution in [3.05, 3.63) is 91.0 Å². The highest BCUT2D eigenvalue weighted by atomic mass is 28.3. The summed E-state index contributed by atoms with van der Waals surface area (Å²) in [6.45, 7) is 4.68. The van der Waals surface area contributed by atoms with Crippen LogP contribution in [0.4, 0.5) is 0 Å². The summed E-state index contributed by atoms with van der Waals surface area (Å²) in [6, 6.07) is 35.3. The Labute approximate surface area is 166 Å². The molecule has 0 aliphatic heterocycles. The third-order valence-corrected chi connectivity index (χ3v) is 11.1. The molecular weight excluding hydrogens is 340 g/mol. The lowest BCUT2D eigenvalue weighted by Gasteiger charge is -2.36. The van der Waals surface area contributed by atoms with E-state index in [0.717, 1.165) is 5.92 Å². The van der Waals surface area contributed by atoms with Crippen molar-refractivity contribution in [2.45, 2.75) is 45.6 Å². The minimum absolute atomic E-state index is 0.775. The Balaban J connectivity index is 2.19. The van der Waals surface area contributed by atoms with Gasteiger partial charge in [-0.1, -0.05) is 131 Å². The van der Waals surface area contributed by atoms with Crippen LogP contribution in [-0.2, 0) is 0 Å². The average molecular weight is 373 g/mol. The fourth-order valence-electron chi connectivity index (χ4n) is 4.40. The van der Waals surface area contributed by atoms with Crippen molar-refractivity contribution >= 4 is 23.6 Å². The minimum Gasteiger partial charge on any atom is -0.0654 e. The Kier molecular flexibility index (Phi) is 7.06. The Morgan fingerprint density at radius 2 is 1.04 bits per heavy atom. The van der Waals surface area contributed by atoms with Gasteiger partial charge in [0.1, 0.15) is 8.07 Å². The van der Waals surface area contributed by atoms with Crippen molar-refractivity contribution in [3.63, 3.8) is 0 Å². The Morgan fingerprint density at radius 1 is 0.630 bits per heavy atom. The van der Waals surface area contributed by atoms with E-state index in [2.05, 4.69) is 105 Å². The van der Waals surface area contributed by atoms with Gasteiger partial charge in [0.2, 0.25) is 0 Å². The van der Waals surface area contributed by atoms with Crippen molar-refractivity contribution in [2.75, 3.05) is 0 Å². The average Bonchev–Trinajstić information content (AvgIpc) is 2.76. The Morgan fingerprint density at radius 3 is 1.37 bits per heavy atom. The van der Waals surface area contributed by atoms with Crippen molar-refractivity contribution < 1.29 is 0 Å². The highest BCUT2D eigenvalue weighted by Crippen LogP contribution is 2.25. The lowest BCUT2D eigenvalue weighted by molar-refractivity contribution is 0.488. The van der Waals surface area contributed by atoms with E-state index in [9.17, 15) is 0 Å². The predicted octanol–water partition coefficient (Wildman–Crippen LogP) is 5.37. The van der Waals surface area contributed by atoms with Crippen LogP contribution in [0.5, 0.6) is 0 Å². The molecule has 0 saturated carbocycles. The smallest absolute Gasteiger partial charge is 0.0654 e. The monoisotopic (exact) mass is 372 g/mol. The zero-order valence-corrected chi connectivity index (χ0v) is 17.8. The normalized spacial score (nSPS) is 12.7. The first-order valence-electron chi connectivity index (χ1n) is 10.5. The van der Waals surface area contributed by atoms with Crippen LogP contribution in [0.2, 0.25) is 6.04 Å². The Bertz CT molecular complexity index is 684. The topological polar surface area (TPSA) is 0 Å². The highest BCUT2D eigenvalue weighted by molar-refractivity contribution is 7.11. The van der Waals surface area contributed by atoms with Gasteiger partial charge in [0.25, 0.3) is 0 Å². The zero-order valence-electron chi connectivity index (χ0n) is 16.8. The summed E-state index contributed by atoms with van der Waals surface area (Å²) in [4.78, 5) is 0. The maximum atomic E-state index is 2.38. The van der Waals surface area contributed by atoms with E-state index >= 15 is 0 Å². The van der Waals surface area contributed by atoms with Crippen LogP contribution in [0.15, 0.2) is 91.0 Å². The summed E-state index contributed by atoms with van der Waals surface area (Å²) in [5, 5.41) is 4.62. The van der Waals surface area contributed by atoms with E-state index in [0.29, 0.717) is 0 Å². The molecule has 0 saturated heterocycles. The number of benzene rings is 3. The minimum atomic E-state index is -2.06. The molecule has 0 aliphatic carbocycles. The van der Waals surface area contributed by atoms with Gasteiger partial charge in [-0.2, -0.15) is 0 Å². The van der Waals surface area contributed by atoms with Crippen LogP contribution in [-0.4, -0.2) is 8.07 Å². The first kappa shape index (κ1) is 19.6. The van der Waals surface area contributed by atoms with Crippen molar-refractivity contribution in [3.8, 4) is 0 Å². The third-order valence-electron chi connectivity index (χ3n) is 5.94. The van der Waals surface area contributed by atoms with Crippen LogP contribution in [0.25, 0.3) is 0 Å². The molecule has 3 aromatic rings. The lowest BCUT2D eigenvalue weighted by Crippen LogP contribution is -2.67. The molecule has 27 heavy (non-hydrogen) atoms. The van der Waals surface area contributed by atoms with E-state index in [1.165, 1.54) is 47.3 Å². The maximum absolute atomic E-state index is 2.38. The summed E-state index contributed by atoms with van der Waals surface area (Å²) >= 11 is 0. The van der Waals surface area contributed by atoms with Crippen molar-refractivity contribution in [2.24, 2.45) is 5.92 Å². The molecule has 1 heteroatoms. The number of hydrogen-bond acceptors (Lipinski definition) is 0. The SMILES string of the molecule is CCCC[C@@H](CC)C[Si](c1ccccc1)(c1ccccc1)c1ccccc1. The van der Waals surface area contributed by atoms with E-state index < -0.39 is 8.07 Å². The zero-order chi connectivity index (χ0) is 19.0. The molecule has 0 fully saturated rings. The van der Waals surface area contributed by atoms with Gasteiger partial charge in [-0.3, -0.25) is 0 Å². The fourth-order valence-corrected chi connectivity index (χ4v) is 9.75. The number of rotatable bonds is 9. The van der Waals surface area contributed by atoms with Gasteiger partial charge in [-0.15, -0.1) is 0 Å². The second kappa shape index (κ2) is 9.71. The second-order valence-electron chi connectivity index (χ2n) is 7.62. The molecule has 3 rings (SSSR count). The highest BCUT2D eigenvalue weighted by Gasteiger charge is 2.40. The molecule has 0 spiro atoms. The van der Waals surface area contributed by atoms with Crippen LogP contribution >= 0.6 is 0 Å². The first-order valence-corrected chi connectivity index (χ1v) is 12.7. The summed E-state index contributed by atoms with van der Waals surface area (Å²) in [7, 11) is -2.06. The molecule has 140 valence electrons. The van der Waals surface area contributed by atoms with Crippen molar-refractivity contribution in [1.82, 2.24) is 0 Å². The molecule has 3 aromatic carbocycles. The summed E-state index contributed by atoms with van der Waals surface area (Å²) < 4.78 is 0. The van der Waals surface area contributed by atoms with Gasteiger partial charge >= 0.3 is 0 Å². The van der Waals surface area contributed by atoms with E-state index in [1.54, 1.807) is 0 Å². The van der Waals surface area contributed by atoms with E-state index in [4.69, 9.17) is 0 Å². The van der Waals surface area contributed by atoms with Gasteiger partial charge in [0.15, 0.2) is 0 Å². The molecule has 0 nitrogen and oxygen atoms in total. The molecule has 0 amide bonds. The van der Waals surface area contributed by atoms with Crippen LogP contribution in [0.3, 0.4) is 0 Å². The first-order chi connectivity index (χ1) is 13.3. The maximum Gasteiger partial charge on any atom is 0.148 e. The lowest BCUT2D eigenvalue weighted by atomic mass is 10.0. The number of hydrogen-bond donors (Lipinski definition) is 0. The third kappa shape index (κ3) is 4.41. The van der Waals surface area contributed by atoms with E-state index in [-0.39, 0.29) is 0 Å². The molecule has 1 atom stereocenters. The van der Waals surface area contributed by atoms with Crippen LogP contribution in [0, 0.1) is 5.92 Å². The molecular formula is C26H32Si. The quantitative estimate of drug-likeness (QED) is 0.350. The molecule has 0 N–H and O–H groups in total. The summed E-state index contributed by atoms with van der Waals surface area (Å²) in [6.07, 6.45) is 5.23. The standard InChI is InChI=1S/C26H32Si/c1-3-5-15-23(4-2)22-27(24-16-9-6-10-17-24,25-18-11-7-12-19-25)26-20-13-8-14-21-26/h6-14,16-21,23H,3-5,15,22H2,1-2H3/t23-/m1/s1. The van der Waals surface area contributed by atoms with Gasteiger partial charge in [-0.25, -0.2) is 0 Å². The van der Waals surface area contributed by atoms with Crippen molar-refractivity contribution in [1.29, 1.82) is 0 Å². The molecule has 0 aliphatic rings. The Hall–Kier alpha value is -2.12. The second-order valence-corrected chi connectivity index (χ2v) is 11.6. The van der Waals surface area contributed by atoms with Crippen LogP contribution in [0.1, 0.15) is 39.5 Å². The summed E-state index contributed by atoms with van der Waals surface area (Å²) in [5.41, 5.74) is 0. The largest absolute Gasteiger partial charge is 0.148 e. The molecule has 0 heterocycles. The predicted molar refractivity (Wildman–Crippen MR) is 122 cm³/mol. The van der Waals surface area contributed by atoms with Gasteiger partial charge in [0.05, 0.1) is 0 Å². The van der Waals surface area contributed by atoms with E-state index in [1.807, 2.05) is 0 Å².